The molecule has 0 aromatic carbocycles. The van der Waals surface area contributed by atoms with E-state index < -0.39 is 0 Å². The zero-order chi connectivity index (χ0) is 11.4. The van der Waals surface area contributed by atoms with Gasteiger partial charge in [-0.25, -0.2) is 9.97 Å². The summed E-state index contributed by atoms with van der Waals surface area (Å²) in [6.07, 6.45) is 4.69. The van der Waals surface area contributed by atoms with Gasteiger partial charge in [0.05, 0.1) is 11.4 Å². The van der Waals surface area contributed by atoms with E-state index in [4.69, 9.17) is 4.98 Å². The molecule has 0 saturated heterocycles. The SMILES string of the molecule is Cc1nc2sccn2c1-c1nc(C2CC2)cs1. The highest BCUT2D eigenvalue weighted by Crippen LogP contribution is 2.41. The smallest absolute Gasteiger partial charge is 0.194 e. The third-order valence-corrected chi connectivity index (χ3v) is 4.78. The van der Waals surface area contributed by atoms with Crippen LogP contribution in [-0.4, -0.2) is 14.4 Å². The van der Waals surface area contributed by atoms with Gasteiger partial charge in [0.1, 0.15) is 10.7 Å². The first-order valence-corrected chi connectivity index (χ1v) is 7.47. The molecular formula is C12H11N3S2. The standard InChI is InChI=1S/C12H11N3S2/c1-7-10(15-4-5-16-12(15)13-7)11-14-9(6-17-11)8-2-3-8/h4-6,8H,2-3H2,1H3. The maximum Gasteiger partial charge on any atom is 0.194 e. The highest BCUT2D eigenvalue weighted by Gasteiger charge is 2.27. The molecule has 3 aromatic heterocycles. The van der Waals surface area contributed by atoms with Crippen LogP contribution in [0.2, 0.25) is 0 Å². The van der Waals surface area contributed by atoms with Crippen molar-refractivity contribution in [1.29, 1.82) is 0 Å². The Morgan fingerprint density at radius 1 is 1.29 bits per heavy atom. The van der Waals surface area contributed by atoms with E-state index in [0.29, 0.717) is 0 Å². The Morgan fingerprint density at radius 2 is 2.18 bits per heavy atom. The number of thiazole rings is 2. The molecule has 0 N–H and O–H groups in total. The molecule has 0 atom stereocenters. The van der Waals surface area contributed by atoms with E-state index >= 15 is 0 Å². The number of aromatic nitrogens is 3. The number of imidazole rings is 1. The molecule has 5 heteroatoms. The third kappa shape index (κ3) is 1.46. The van der Waals surface area contributed by atoms with Crippen molar-refractivity contribution in [2.75, 3.05) is 0 Å². The molecule has 86 valence electrons. The summed E-state index contributed by atoms with van der Waals surface area (Å²) in [4.78, 5) is 10.4. The number of hydrogen-bond acceptors (Lipinski definition) is 4. The molecule has 1 saturated carbocycles. The van der Waals surface area contributed by atoms with Gasteiger partial charge in [-0.15, -0.1) is 22.7 Å². The van der Waals surface area contributed by atoms with Crippen LogP contribution in [0.25, 0.3) is 15.7 Å². The average Bonchev–Trinajstić information content (AvgIpc) is 2.75. The van der Waals surface area contributed by atoms with Gasteiger partial charge < -0.3 is 0 Å². The van der Waals surface area contributed by atoms with E-state index in [1.54, 1.807) is 22.7 Å². The van der Waals surface area contributed by atoms with Crippen LogP contribution in [-0.2, 0) is 0 Å². The molecule has 1 aliphatic carbocycles. The molecule has 1 aliphatic rings. The predicted molar refractivity (Wildman–Crippen MR) is 70.9 cm³/mol. The Balaban J connectivity index is 1.90. The molecule has 3 aromatic rings. The Hall–Kier alpha value is -1.20. The van der Waals surface area contributed by atoms with Gasteiger partial charge in [-0.2, -0.15) is 0 Å². The number of hydrogen-bond donors (Lipinski definition) is 0. The van der Waals surface area contributed by atoms with Gasteiger partial charge in [-0.05, 0) is 19.8 Å². The van der Waals surface area contributed by atoms with Crippen LogP contribution < -0.4 is 0 Å². The Morgan fingerprint density at radius 3 is 3.00 bits per heavy atom. The van der Waals surface area contributed by atoms with Crippen LogP contribution in [0, 0.1) is 6.92 Å². The summed E-state index contributed by atoms with van der Waals surface area (Å²) in [5.41, 5.74) is 3.52. The molecule has 17 heavy (non-hydrogen) atoms. The van der Waals surface area contributed by atoms with E-state index in [-0.39, 0.29) is 0 Å². The van der Waals surface area contributed by atoms with Crippen molar-refractivity contribution in [2.24, 2.45) is 0 Å². The van der Waals surface area contributed by atoms with Gasteiger partial charge in [-0.3, -0.25) is 4.40 Å². The summed E-state index contributed by atoms with van der Waals surface area (Å²) in [7, 11) is 0. The minimum absolute atomic E-state index is 0.728. The third-order valence-electron chi connectivity index (χ3n) is 3.16. The maximum absolute atomic E-state index is 4.77. The predicted octanol–water partition coefficient (Wildman–Crippen LogP) is 3.71. The highest BCUT2D eigenvalue weighted by atomic mass is 32.1. The topological polar surface area (TPSA) is 30.2 Å². The first kappa shape index (κ1) is 9.79. The second kappa shape index (κ2) is 3.40. The molecule has 0 bridgehead atoms. The maximum atomic E-state index is 4.77. The van der Waals surface area contributed by atoms with E-state index in [1.807, 2.05) is 0 Å². The number of aryl methyl sites for hydroxylation is 1. The molecule has 1 fully saturated rings. The Labute approximate surface area is 107 Å². The van der Waals surface area contributed by atoms with Gasteiger partial charge in [0.25, 0.3) is 0 Å². The quantitative estimate of drug-likeness (QED) is 0.704. The molecule has 0 spiro atoms. The summed E-state index contributed by atoms with van der Waals surface area (Å²) < 4.78 is 2.15. The van der Waals surface area contributed by atoms with E-state index in [9.17, 15) is 0 Å². The minimum Gasteiger partial charge on any atom is -0.288 e. The molecule has 0 amide bonds. The molecule has 3 nitrogen and oxygen atoms in total. The van der Waals surface area contributed by atoms with Crippen LogP contribution in [0.15, 0.2) is 17.0 Å². The second-order valence-corrected chi connectivity index (χ2v) is 6.18. The Kier molecular flexibility index (Phi) is 1.96. The summed E-state index contributed by atoms with van der Waals surface area (Å²) >= 11 is 3.41. The molecular weight excluding hydrogens is 250 g/mol. The van der Waals surface area contributed by atoms with Crippen LogP contribution in [0.4, 0.5) is 0 Å². The lowest BCUT2D eigenvalue weighted by Gasteiger charge is -1.95. The fraction of sp³-hybridized carbons (Fsp3) is 0.333. The van der Waals surface area contributed by atoms with Gasteiger partial charge in [0, 0.05) is 22.9 Å². The fourth-order valence-corrected chi connectivity index (χ4v) is 3.87. The van der Waals surface area contributed by atoms with Crippen molar-refractivity contribution in [3.8, 4) is 10.7 Å². The van der Waals surface area contributed by atoms with Crippen molar-refractivity contribution in [1.82, 2.24) is 14.4 Å². The molecule has 0 radical (unpaired) electrons. The normalized spacial score (nSPS) is 15.8. The number of nitrogens with zero attached hydrogens (tertiary/aromatic N) is 3. The van der Waals surface area contributed by atoms with Crippen LogP contribution in [0.1, 0.15) is 30.1 Å². The van der Waals surface area contributed by atoms with Crippen molar-refractivity contribution < 1.29 is 0 Å². The van der Waals surface area contributed by atoms with Crippen LogP contribution in [0.3, 0.4) is 0 Å². The monoisotopic (exact) mass is 261 g/mol. The number of rotatable bonds is 2. The number of fused-ring (bicyclic) bond motifs is 1. The summed E-state index contributed by atoms with van der Waals surface area (Å²) in [5, 5.41) is 5.38. The fourth-order valence-electron chi connectivity index (χ4n) is 2.11. The zero-order valence-electron chi connectivity index (χ0n) is 9.38. The summed E-state index contributed by atoms with van der Waals surface area (Å²) in [6, 6.07) is 0. The second-order valence-electron chi connectivity index (χ2n) is 4.45. The molecule has 0 unspecified atom stereocenters. The van der Waals surface area contributed by atoms with E-state index in [1.165, 1.54) is 18.5 Å². The lowest BCUT2D eigenvalue weighted by Crippen LogP contribution is -1.86. The van der Waals surface area contributed by atoms with Crippen molar-refractivity contribution in [3.05, 3.63) is 28.3 Å². The first-order chi connectivity index (χ1) is 8.33. The largest absolute Gasteiger partial charge is 0.288 e. The van der Waals surface area contributed by atoms with Crippen LogP contribution in [0.5, 0.6) is 0 Å². The van der Waals surface area contributed by atoms with Gasteiger partial charge in [-0.1, -0.05) is 0 Å². The summed E-state index contributed by atoms with van der Waals surface area (Å²) in [5.74, 6) is 0.728. The molecule has 0 aliphatic heterocycles. The summed E-state index contributed by atoms with van der Waals surface area (Å²) in [6.45, 7) is 2.06. The first-order valence-electron chi connectivity index (χ1n) is 5.71. The van der Waals surface area contributed by atoms with Crippen molar-refractivity contribution in [2.45, 2.75) is 25.7 Å². The Bertz CT molecular complexity index is 688. The van der Waals surface area contributed by atoms with E-state index in [0.717, 1.165) is 27.3 Å². The average molecular weight is 261 g/mol. The zero-order valence-corrected chi connectivity index (χ0v) is 11.0. The molecule has 3 heterocycles. The minimum atomic E-state index is 0.728. The lowest BCUT2D eigenvalue weighted by molar-refractivity contribution is 1.05. The van der Waals surface area contributed by atoms with Crippen molar-refractivity contribution in [3.63, 3.8) is 0 Å². The van der Waals surface area contributed by atoms with E-state index in [2.05, 4.69) is 33.3 Å². The van der Waals surface area contributed by atoms with Crippen molar-refractivity contribution >= 4 is 27.6 Å². The van der Waals surface area contributed by atoms with Crippen LogP contribution >= 0.6 is 22.7 Å². The van der Waals surface area contributed by atoms with Gasteiger partial charge in [0.2, 0.25) is 0 Å². The lowest BCUT2D eigenvalue weighted by atomic mass is 10.3. The molecule has 4 rings (SSSR count). The highest BCUT2D eigenvalue weighted by molar-refractivity contribution is 7.15. The van der Waals surface area contributed by atoms with Gasteiger partial charge >= 0.3 is 0 Å². The van der Waals surface area contributed by atoms with Gasteiger partial charge in [0.15, 0.2) is 4.96 Å².